The first-order valence-corrected chi connectivity index (χ1v) is 5.60. The molecule has 1 N–H and O–H groups in total. The van der Waals surface area contributed by atoms with E-state index in [0.29, 0.717) is 25.4 Å². The zero-order valence-electron chi connectivity index (χ0n) is 9.58. The van der Waals surface area contributed by atoms with Crippen molar-refractivity contribution in [1.29, 1.82) is 0 Å². The van der Waals surface area contributed by atoms with Gasteiger partial charge in [0.05, 0.1) is 25.9 Å². The van der Waals surface area contributed by atoms with Gasteiger partial charge in [0.2, 0.25) is 0 Å². The average molecular weight is 201 g/mol. The fourth-order valence-electron chi connectivity index (χ4n) is 1.51. The first-order valence-electron chi connectivity index (χ1n) is 5.60. The van der Waals surface area contributed by atoms with Gasteiger partial charge in [-0.15, -0.1) is 0 Å². The molecule has 1 fully saturated rings. The molecule has 0 radical (unpaired) electrons. The molecule has 1 atom stereocenters. The number of ether oxygens (including phenoxy) is 2. The fraction of sp³-hybridized carbons (Fsp3) is 1.00. The minimum atomic E-state index is 0.308. The first kappa shape index (κ1) is 12.0. The van der Waals surface area contributed by atoms with E-state index >= 15 is 0 Å². The monoisotopic (exact) mass is 201 g/mol. The van der Waals surface area contributed by atoms with Gasteiger partial charge in [-0.2, -0.15) is 0 Å². The lowest BCUT2D eigenvalue weighted by Crippen LogP contribution is -2.32. The molecule has 0 aromatic rings. The third kappa shape index (κ3) is 4.94. The molecular weight excluding hydrogens is 178 g/mol. The summed E-state index contributed by atoms with van der Waals surface area (Å²) < 4.78 is 10.9. The highest BCUT2D eigenvalue weighted by molar-refractivity contribution is 4.85. The van der Waals surface area contributed by atoms with Crippen LogP contribution in [0.2, 0.25) is 0 Å². The standard InChI is InChI=1S/C11H23NO2/c1-9(2)14-7-6-13-8-11(12-3)10-4-5-10/h9-12H,4-8H2,1-3H3. The van der Waals surface area contributed by atoms with Crippen LogP contribution in [0.5, 0.6) is 0 Å². The molecule has 3 heteroatoms. The van der Waals surface area contributed by atoms with Crippen molar-refractivity contribution >= 4 is 0 Å². The molecule has 14 heavy (non-hydrogen) atoms. The first-order chi connectivity index (χ1) is 6.74. The molecule has 1 saturated carbocycles. The van der Waals surface area contributed by atoms with E-state index in [1.165, 1.54) is 12.8 Å². The minimum absolute atomic E-state index is 0.308. The zero-order chi connectivity index (χ0) is 10.4. The lowest BCUT2D eigenvalue weighted by atomic mass is 10.2. The Morgan fingerprint density at radius 3 is 2.50 bits per heavy atom. The Balaban J connectivity index is 1.91. The van der Waals surface area contributed by atoms with Crippen molar-refractivity contribution in [2.75, 3.05) is 26.9 Å². The molecule has 0 spiro atoms. The summed E-state index contributed by atoms with van der Waals surface area (Å²) in [4.78, 5) is 0. The highest BCUT2D eigenvalue weighted by Gasteiger charge is 2.29. The molecule has 84 valence electrons. The van der Waals surface area contributed by atoms with Crippen molar-refractivity contribution in [2.45, 2.75) is 38.8 Å². The maximum Gasteiger partial charge on any atom is 0.0703 e. The van der Waals surface area contributed by atoms with Crippen LogP contribution in [0.4, 0.5) is 0 Å². The van der Waals surface area contributed by atoms with Gasteiger partial charge in [0.15, 0.2) is 0 Å². The SMILES string of the molecule is CNC(COCCOC(C)C)C1CC1. The number of nitrogens with one attached hydrogen (secondary N) is 1. The van der Waals surface area contributed by atoms with E-state index in [-0.39, 0.29) is 0 Å². The number of hydrogen-bond donors (Lipinski definition) is 1. The van der Waals surface area contributed by atoms with E-state index in [2.05, 4.69) is 5.32 Å². The van der Waals surface area contributed by atoms with Crippen LogP contribution in [0.1, 0.15) is 26.7 Å². The molecule has 1 aliphatic carbocycles. The molecule has 0 heterocycles. The molecule has 0 amide bonds. The Morgan fingerprint density at radius 2 is 2.00 bits per heavy atom. The van der Waals surface area contributed by atoms with Gasteiger partial charge in [0.25, 0.3) is 0 Å². The smallest absolute Gasteiger partial charge is 0.0703 e. The van der Waals surface area contributed by atoms with Gasteiger partial charge in [-0.3, -0.25) is 0 Å². The van der Waals surface area contributed by atoms with E-state index in [1.807, 2.05) is 20.9 Å². The van der Waals surface area contributed by atoms with E-state index in [1.54, 1.807) is 0 Å². The van der Waals surface area contributed by atoms with Gasteiger partial charge in [0, 0.05) is 6.04 Å². The van der Waals surface area contributed by atoms with Crippen molar-refractivity contribution in [3.63, 3.8) is 0 Å². The lowest BCUT2D eigenvalue weighted by molar-refractivity contribution is 0.0129. The topological polar surface area (TPSA) is 30.5 Å². The van der Waals surface area contributed by atoms with Gasteiger partial charge in [0.1, 0.15) is 0 Å². The molecule has 3 nitrogen and oxygen atoms in total. The molecule has 0 saturated heterocycles. The number of likely N-dealkylation sites (N-methyl/N-ethyl adjacent to an activating group) is 1. The van der Waals surface area contributed by atoms with Crippen molar-refractivity contribution in [2.24, 2.45) is 5.92 Å². The largest absolute Gasteiger partial charge is 0.377 e. The summed E-state index contributed by atoms with van der Waals surface area (Å²) in [5.74, 6) is 0.853. The molecule has 1 aliphatic rings. The Hall–Kier alpha value is -0.120. The Bertz CT molecular complexity index is 146. The quantitative estimate of drug-likeness (QED) is 0.603. The summed E-state index contributed by atoms with van der Waals surface area (Å²) >= 11 is 0. The molecule has 1 rings (SSSR count). The molecular formula is C11H23NO2. The van der Waals surface area contributed by atoms with E-state index < -0.39 is 0 Å². The fourth-order valence-corrected chi connectivity index (χ4v) is 1.51. The third-order valence-corrected chi connectivity index (χ3v) is 2.54. The van der Waals surface area contributed by atoms with E-state index in [0.717, 1.165) is 12.5 Å². The average Bonchev–Trinajstić information content (AvgIpc) is 2.94. The zero-order valence-corrected chi connectivity index (χ0v) is 9.58. The summed E-state index contributed by atoms with van der Waals surface area (Å²) in [5.41, 5.74) is 0. The lowest BCUT2D eigenvalue weighted by Gasteiger charge is -2.15. The van der Waals surface area contributed by atoms with Crippen LogP contribution in [0.15, 0.2) is 0 Å². The third-order valence-electron chi connectivity index (χ3n) is 2.54. The maximum atomic E-state index is 5.55. The van der Waals surface area contributed by atoms with Crippen LogP contribution in [0, 0.1) is 5.92 Å². The van der Waals surface area contributed by atoms with Gasteiger partial charge in [-0.1, -0.05) is 0 Å². The summed E-state index contributed by atoms with van der Waals surface area (Å²) in [7, 11) is 2.01. The van der Waals surface area contributed by atoms with Crippen molar-refractivity contribution in [1.82, 2.24) is 5.32 Å². The Labute approximate surface area is 87.2 Å². The normalized spacial score (nSPS) is 18.9. The molecule has 0 aromatic heterocycles. The molecule has 0 aliphatic heterocycles. The summed E-state index contributed by atoms with van der Waals surface area (Å²) in [6, 6.07) is 0.550. The molecule has 1 unspecified atom stereocenters. The van der Waals surface area contributed by atoms with Crippen LogP contribution in [0.25, 0.3) is 0 Å². The second-order valence-corrected chi connectivity index (χ2v) is 4.23. The van der Waals surface area contributed by atoms with Crippen molar-refractivity contribution in [3.8, 4) is 0 Å². The second-order valence-electron chi connectivity index (χ2n) is 4.23. The van der Waals surface area contributed by atoms with E-state index in [9.17, 15) is 0 Å². The predicted molar refractivity (Wildman–Crippen MR) is 57.5 cm³/mol. The van der Waals surface area contributed by atoms with Crippen molar-refractivity contribution < 1.29 is 9.47 Å². The number of hydrogen-bond acceptors (Lipinski definition) is 3. The highest BCUT2D eigenvalue weighted by atomic mass is 16.5. The molecule has 0 bridgehead atoms. The number of rotatable bonds is 8. The maximum absolute atomic E-state index is 5.55. The minimum Gasteiger partial charge on any atom is -0.377 e. The van der Waals surface area contributed by atoms with Gasteiger partial charge < -0.3 is 14.8 Å². The van der Waals surface area contributed by atoms with Gasteiger partial charge in [-0.25, -0.2) is 0 Å². The second kappa shape index (κ2) is 6.38. The van der Waals surface area contributed by atoms with Gasteiger partial charge in [-0.05, 0) is 39.7 Å². The van der Waals surface area contributed by atoms with Crippen molar-refractivity contribution in [3.05, 3.63) is 0 Å². The predicted octanol–water partition coefficient (Wildman–Crippen LogP) is 1.43. The van der Waals surface area contributed by atoms with Crippen LogP contribution in [-0.4, -0.2) is 39.0 Å². The molecule has 0 aromatic carbocycles. The van der Waals surface area contributed by atoms with Crippen LogP contribution in [-0.2, 0) is 9.47 Å². The summed E-state index contributed by atoms with van der Waals surface area (Å²) in [5, 5.41) is 3.30. The summed E-state index contributed by atoms with van der Waals surface area (Å²) in [6.45, 7) is 6.33. The van der Waals surface area contributed by atoms with Crippen LogP contribution >= 0.6 is 0 Å². The Morgan fingerprint density at radius 1 is 1.29 bits per heavy atom. The van der Waals surface area contributed by atoms with Crippen LogP contribution in [0.3, 0.4) is 0 Å². The van der Waals surface area contributed by atoms with E-state index in [4.69, 9.17) is 9.47 Å². The Kier molecular flexibility index (Phi) is 5.45. The van der Waals surface area contributed by atoms with Gasteiger partial charge >= 0.3 is 0 Å². The summed E-state index contributed by atoms with van der Waals surface area (Å²) in [6.07, 6.45) is 3.02. The highest BCUT2D eigenvalue weighted by Crippen LogP contribution is 2.32. The van der Waals surface area contributed by atoms with Crippen LogP contribution < -0.4 is 5.32 Å².